The minimum absolute atomic E-state index is 0.337. The fraction of sp³-hybridized carbons (Fsp3) is 0.0833. The number of carbonyl (C=O) groups is 1. The van der Waals surface area contributed by atoms with E-state index in [1.165, 1.54) is 10.9 Å². The molecular formula is C12H11N7O2. The topological polar surface area (TPSA) is 111 Å². The second kappa shape index (κ2) is 5.41. The molecule has 0 aliphatic heterocycles. The summed E-state index contributed by atoms with van der Waals surface area (Å²) in [5.74, 6) is 1.36. The third-order valence-electron chi connectivity index (χ3n) is 2.47. The maximum atomic E-state index is 11.8. The van der Waals surface area contributed by atoms with Gasteiger partial charge in [0, 0.05) is 18.5 Å². The van der Waals surface area contributed by atoms with Crippen molar-refractivity contribution in [3.63, 3.8) is 0 Å². The summed E-state index contributed by atoms with van der Waals surface area (Å²) in [6, 6.07) is 2.87. The Morgan fingerprint density at radius 2 is 2.10 bits per heavy atom. The Balaban J connectivity index is 1.66. The lowest BCUT2D eigenvalue weighted by atomic mass is 10.5. The summed E-state index contributed by atoms with van der Waals surface area (Å²) in [7, 11) is 0. The van der Waals surface area contributed by atoms with Crippen molar-refractivity contribution in [3.8, 4) is 5.95 Å². The van der Waals surface area contributed by atoms with Crippen LogP contribution in [0.5, 0.6) is 0 Å². The van der Waals surface area contributed by atoms with Crippen molar-refractivity contribution >= 4 is 17.5 Å². The van der Waals surface area contributed by atoms with Crippen LogP contribution in [-0.2, 0) is 0 Å². The molecule has 0 saturated heterocycles. The zero-order chi connectivity index (χ0) is 14.7. The second-order valence-electron chi connectivity index (χ2n) is 4.12. The number of anilines is 2. The lowest BCUT2D eigenvalue weighted by Crippen LogP contribution is -2.19. The zero-order valence-corrected chi connectivity index (χ0v) is 11.0. The van der Waals surface area contributed by atoms with Gasteiger partial charge in [-0.25, -0.2) is 19.4 Å². The number of aryl methyl sites for hydroxylation is 1. The number of amides is 2. The van der Waals surface area contributed by atoms with Crippen molar-refractivity contribution in [2.45, 2.75) is 6.92 Å². The van der Waals surface area contributed by atoms with Gasteiger partial charge in [-0.3, -0.25) is 5.32 Å². The molecular weight excluding hydrogens is 274 g/mol. The van der Waals surface area contributed by atoms with Gasteiger partial charge in [-0.1, -0.05) is 5.16 Å². The molecule has 0 unspecified atom stereocenters. The molecule has 3 heterocycles. The van der Waals surface area contributed by atoms with E-state index in [4.69, 9.17) is 4.52 Å². The molecule has 9 heteroatoms. The van der Waals surface area contributed by atoms with Crippen molar-refractivity contribution in [2.75, 3.05) is 10.6 Å². The largest absolute Gasteiger partial charge is 0.360 e. The summed E-state index contributed by atoms with van der Waals surface area (Å²) in [5, 5.41) is 12.9. The standard InChI is InChI=1S/C12H11N7O2/c1-8-5-10(18-21-8)17-12(20)16-9-6-15-19(7-9)11-13-3-2-4-14-11/h2-7H,1H3,(H2,16,17,18,20). The SMILES string of the molecule is Cc1cc(NC(=O)Nc2cnn(-c3ncccn3)c2)no1. The molecule has 3 aromatic rings. The quantitative estimate of drug-likeness (QED) is 0.756. The molecule has 0 radical (unpaired) electrons. The summed E-state index contributed by atoms with van der Waals surface area (Å²) >= 11 is 0. The molecule has 3 rings (SSSR count). The van der Waals surface area contributed by atoms with Crippen LogP contribution >= 0.6 is 0 Å². The van der Waals surface area contributed by atoms with E-state index in [0.29, 0.717) is 23.2 Å². The summed E-state index contributed by atoms with van der Waals surface area (Å²) < 4.78 is 6.31. The zero-order valence-electron chi connectivity index (χ0n) is 11.0. The molecule has 2 N–H and O–H groups in total. The van der Waals surface area contributed by atoms with Crippen LogP contribution in [0.15, 0.2) is 41.4 Å². The number of aromatic nitrogens is 5. The van der Waals surface area contributed by atoms with E-state index in [0.717, 1.165) is 0 Å². The first-order chi connectivity index (χ1) is 10.2. The Morgan fingerprint density at radius 1 is 1.29 bits per heavy atom. The minimum Gasteiger partial charge on any atom is -0.360 e. The van der Waals surface area contributed by atoms with Crippen LogP contribution in [-0.4, -0.2) is 30.9 Å². The minimum atomic E-state index is -0.447. The van der Waals surface area contributed by atoms with Crippen LogP contribution in [0, 0.1) is 6.92 Å². The lowest BCUT2D eigenvalue weighted by molar-refractivity contribution is 0.262. The van der Waals surface area contributed by atoms with E-state index in [9.17, 15) is 4.79 Å². The fourth-order valence-electron chi connectivity index (χ4n) is 1.61. The number of nitrogens with one attached hydrogen (secondary N) is 2. The maximum Gasteiger partial charge on any atom is 0.325 e. The van der Waals surface area contributed by atoms with E-state index < -0.39 is 6.03 Å². The molecule has 0 aliphatic rings. The molecule has 0 aromatic carbocycles. The number of rotatable bonds is 3. The number of nitrogens with zero attached hydrogens (tertiary/aromatic N) is 5. The molecule has 3 aromatic heterocycles. The molecule has 0 spiro atoms. The van der Waals surface area contributed by atoms with E-state index in [2.05, 4.69) is 30.9 Å². The average molecular weight is 285 g/mol. The number of urea groups is 1. The van der Waals surface area contributed by atoms with Gasteiger partial charge in [0.05, 0.1) is 18.1 Å². The van der Waals surface area contributed by atoms with Crippen LogP contribution in [0.4, 0.5) is 16.3 Å². The van der Waals surface area contributed by atoms with Gasteiger partial charge in [-0.05, 0) is 13.0 Å². The highest BCUT2D eigenvalue weighted by Gasteiger charge is 2.08. The molecule has 21 heavy (non-hydrogen) atoms. The Morgan fingerprint density at radius 3 is 2.81 bits per heavy atom. The Labute approximate surface area is 119 Å². The van der Waals surface area contributed by atoms with Crippen LogP contribution in [0.2, 0.25) is 0 Å². The van der Waals surface area contributed by atoms with Crippen molar-refractivity contribution in [2.24, 2.45) is 0 Å². The van der Waals surface area contributed by atoms with E-state index in [-0.39, 0.29) is 0 Å². The normalized spacial score (nSPS) is 10.3. The molecule has 0 bridgehead atoms. The smallest absolute Gasteiger partial charge is 0.325 e. The first-order valence-corrected chi connectivity index (χ1v) is 6.04. The predicted molar refractivity (Wildman–Crippen MR) is 73.0 cm³/mol. The van der Waals surface area contributed by atoms with E-state index >= 15 is 0 Å². The fourth-order valence-corrected chi connectivity index (χ4v) is 1.61. The first kappa shape index (κ1) is 12.8. The van der Waals surface area contributed by atoms with Crippen molar-refractivity contribution < 1.29 is 9.32 Å². The molecule has 106 valence electrons. The second-order valence-corrected chi connectivity index (χ2v) is 4.12. The van der Waals surface area contributed by atoms with Crippen LogP contribution in [0.25, 0.3) is 5.95 Å². The maximum absolute atomic E-state index is 11.8. The third-order valence-corrected chi connectivity index (χ3v) is 2.47. The molecule has 0 atom stereocenters. The van der Waals surface area contributed by atoms with Gasteiger partial charge in [0.15, 0.2) is 5.82 Å². The number of hydrogen-bond donors (Lipinski definition) is 2. The van der Waals surface area contributed by atoms with Gasteiger partial charge in [0.25, 0.3) is 0 Å². The molecule has 0 fully saturated rings. The lowest BCUT2D eigenvalue weighted by Gasteiger charge is -2.01. The van der Waals surface area contributed by atoms with Crippen molar-refractivity contribution in [3.05, 3.63) is 42.7 Å². The number of hydrogen-bond acceptors (Lipinski definition) is 6. The summed E-state index contributed by atoms with van der Waals surface area (Å²) in [6.45, 7) is 1.74. The van der Waals surface area contributed by atoms with E-state index in [1.54, 1.807) is 37.6 Å². The monoisotopic (exact) mass is 285 g/mol. The molecule has 0 aliphatic carbocycles. The summed E-state index contributed by atoms with van der Waals surface area (Å²) in [4.78, 5) is 19.9. The Bertz CT molecular complexity index is 750. The highest BCUT2D eigenvalue weighted by Crippen LogP contribution is 2.10. The summed E-state index contributed by atoms with van der Waals surface area (Å²) in [5.41, 5.74) is 0.500. The molecule has 0 saturated carbocycles. The molecule has 2 amide bonds. The van der Waals surface area contributed by atoms with Crippen molar-refractivity contribution in [1.82, 2.24) is 24.9 Å². The third kappa shape index (κ3) is 3.03. The van der Waals surface area contributed by atoms with Gasteiger partial charge in [0.1, 0.15) is 5.76 Å². The van der Waals surface area contributed by atoms with Crippen LogP contribution in [0.1, 0.15) is 5.76 Å². The van der Waals surface area contributed by atoms with Gasteiger partial charge in [0.2, 0.25) is 5.95 Å². The average Bonchev–Trinajstić information content (AvgIpc) is 3.09. The number of carbonyl (C=O) groups excluding carboxylic acids is 1. The van der Waals surface area contributed by atoms with E-state index in [1.807, 2.05) is 0 Å². The van der Waals surface area contributed by atoms with Gasteiger partial charge >= 0.3 is 6.03 Å². The Hall–Kier alpha value is -3.23. The molecule has 9 nitrogen and oxygen atoms in total. The highest BCUT2D eigenvalue weighted by atomic mass is 16.5. The Kier molecular flexibility index (Phi) is 3.29. The van der Waals surface area contributed by atoms with Gasteiger partial charge < -0.3 is 9.84 Å². The van der Waals surface area contributed by atoms with Gasteiger partial charge in [-0.15, -0.1) is 0 Å². The first-order valence-electron chi connectivity index (χ1n) is 6.04. The van der Waals surface area contributed by atoms with Crippen molar-refractivity contribution in [1.29, 1.82) is 0 Å². The predicted octanol–water partition coefficient (Wildman–Crippen LogP) is 1.60. The van der Waals surface area contributed by atoms with Crippen LogP contribution < -0.4 is 10.6 Å². The van der Waals surface area contributed by atoms with Gasteiger partial charge in [-0.2, -0.15) is 5.10 Å². The summed E-state index contributed by atoms with van der Waals surface area (Å²) in [6.07, 6.45) is 6.31. The van der Waals surface area contributed by atoms with Crippen LogP contribution in [0.3, 0.4) is 0 Å². The highest BCUT2D eigenvalue weighted by molar-refractivity contribution is 5.98.